The number of fused-ring (bicyclic) bond motifs is 3. The van der Waals surface area contributed by atoms with Crippen LogP contribution in [0.25, 0.3) is 11.4 Å². The second-order valence-corrected chi connectivity index (χ2v) is 8.12. The molecule has 1 saturated carbocycles. The number of H-pyrrole nitrogens is 1. The van der Waals surface area contributed by atoms with E-state index in [-0.39, 0.29) is 17.1 Å². The maximum absolute atomic E-state index is 13.0. The third-order valence-electron chi connectivity index (χ3n) is 5.66. The molecular formula is C19H25N5O. The number of ketones is 1. The molecule has 6 heteroatoms. The molecule has 1 fully saturated rings. The van der Waals surface area contributed by atoms with Crippen molar-refractivity contribution in [3.63, 3.8) is 0 Å². The summed E-state index contributed by atoms with van der Waals surface area (Å²) in [6, 6.07) is 0. The second-order valence-electron chi connectivity index (χ2n) is 8.12. The number of nitrogen functional groups attached to an aromatic ring is 1. The van der Waals surface area contributed by atoms with Crippen LogP contribution in [0.3, 0.4) is 0 Å². The number of carbonyl (C=O) groups is 1. The van der Waals surface area contributed by atoms with Crippen LogP contribution in [0.4, 0.5) is 5.95 Å². The lowest BCUT2D eigenvalue weighted by Crippen LogP contribution is -2.28. The number of hydrogen-bond acceptors (Lipinski definition) is 5. The molecule has 2 aromatic rings. The molecule has 0 aromatic carbocycles. The number of anilines is 1. The molecule has 2 heterocycles. The fourth-order valence-corrected chi connectivity index (χ4v) is 4.45. The largest absolute Gasteiger partial charge is 0.368 e. The average molecular weight is 339 g/mol. The number of aromatic amines is 1. The fourth-order valence-electron chi connectivity index (χ4n) is 4.45. The first kappa shape index (κ1) is 16.2. The molecule has 0 unspecified atom stereocenters. The molecule has 2 aliphatic rings. The van der Waals surface area contributed by atoms with E-state index in [4.69, 9.17) is 5.73 Å². The number of Topliss-reactive ketones (excluding diaryl/α,β-unsaturated/α-hetero) is 1. The zero-order chi connectivity index (χ0) is 17.6. The molecule has 132 valence electrons. The Hall–Kier alpha value is -2.24. The molecule has 0 radical (unpaired) electrons. The zero-order valence-corrected chi connectivity index (χ0v) is 14.9. The van der Waals surface area contributed by atoms with Crippen LogP contribution in [0, 0.1) is 5.92 Å². The van der Waals surface area contributed by atoms with Gasteiger partial charge in [-0.1, -0.05) is 46.0 Å². The smallest absolute Gasteiger partial charge is 0.220 e. The minimum absolute atomic E-state index is 0.180. The van der Waals surface area contributed by atoms with Gasteiger partial charge in [-0.3, -0.25) is 9.89 Å². The van der Waals surface area contributed by atoms with E-state index in [0.29, 0.717) is 18.0 Å². The normalized spacial score (nSPS) is 19.3. The highest BCUT2D eigenvalue weighted by Crippen LogP contribution is 2.43. The molecule has 0 saturated heterocycles. The van der Waals surface area contributed by atoms with Gasteiger partial charge in [0.25, 0.3) is 0 Å². The quantitative estimate of drug-likeness (QED) is 0.835. The van der Waals surface area contributed by atoms with Crippen LogP contribution in [0.1, 0.15) is 74.0 Å². The number of carbonyl (C=O) groups excluding carboxylic acids is 1. The minimum Gasteiger partial charge on any atom is -0.368 e. The van der Waals surface area contributed by atoms with Crippen molar-refractivity contribution in [1.82, 2.24) is 20.2 Å². The van der Waals surface area contributed by atoms with Crippen LogP contribution in [0.2, 0.25) is 0 Å². The summed E-state index contributed by atoms with van der Waals surface area (Å²) >= 11 is 0. The lowest BCUT2D eigenvalue weighted by molar-refractivity contribution is 0.0943. The Bertz CT molecular complexity index is 817. The Balaban J connectivity index is 1.71. The average Bonchev–Trinajstić information content (AvgIpc) is 3.03. The molecule has 3 N–H and O–H groups in total. The van der Waals surface area contributed by atoms with Crippen LogP contribution in [-0.2, 0) is 11.8 Å². The first-order valence-electron chi connectivity index (χ1n) is 9.19. The molecule has 2 aromatic heterocycles. The predicted molar refractivity (Wildman–Crippen MR) is 96.3 cm³/mol. The maximum atomic E-state index is 13.0. The van der Waals surface area contributed by atoms with Gasteiger partial charge in [0, 0.05) is 18.2 Å². The van der Waals surface area contributed by atoms with Crippen molar-refractivity contribution in [3.8, 4) is 11.4 Å². The van der Waals surface area contributed by atoms with Crippen molar-refractivity contribution in [2.75, 3.05) is 5.73 Å². The van der Waals surface area contributed by atoms with Gasteiger partial charge in [0.05, 0.1) is 5.69 Å². The predicted octanol–water partition coefficient (Wildman–Crippen LogP) is 3.44. The summed E-state index contributed by atoms with van der Waals surface area (Å²) in [5.74, 6) is 0.929. The number of nitrogens with two attached hydrogens (primary N) is 1. The van der Waals surface area contributed by atoms with Gasteiger partial charge < -0.3 is 5.73 Å². The summed E-state index contributed by atoms with van der Waals surface area (Å²) in [5.41, 5.74) is 9.78. The maximum Gasteiger partial charge on any atom is 0.220 e. The lowest BCUT2D eigenvalue weighted by Gasteiger charge is -2.31. The molecular weight excluding hydrogens is 314 g/mol. The molecule has 0 spiro atoms. The van der Waals surface area contributed by atoms with Crippen LogP contribution in [0.15, 0.2) is 6.20 Å². The van der Waals surface area contributed by atoms with Crippen LogP contribution in [-0.4, -0.2) is 25.9 Å². The van der Waals surface area contributed by atoms with Crippen molar-refractivity contribution < 1.29 is 4.79 Å². The zero-order valence-electron chi connectivity index (χ0n) is 14.9. The van der Waals surface area contributed by atoms with Crippen molar-refractivity contribution >= 4 is 11.7 Å². The van der Waals surface area contributed by atoms with Gasteiger partial charge in [-0.15, -0.1) is 0 Å². The van der Waals surface area contributed by atoms with Crippen molar-refractivity contribution in [2.45, 2.75) is 64.2 Å². The van der Waals surface area contributed by atoms with E-state index in [2.05, 4.69) is 34.0 Å². The number of nitrogens with one attached hydrogen (secondary N) is 1. The summed E-state index contributed by atoms with van der Waals surface area (Å²) in [6.45, 7) is 4.30. The highest BCUT2D eigenvalue weighted by atomic mass is 16.1. The lowest BCUT2D eigenvalue weighted by atomic mass is 9.72. The number of aromatic nitrogens is 4. The molecule has 0 amide bonds. The van der Waals surface area contributed by atoms with E-state index < -0.39 is 0 Å². The number of hydrogen-bond donors (Lipinski definition) is 2. The third kappa shape index (κ3) is 2.83. The second kappa shape index (κ2) is 5.93. The molecule has 25 heavy (non-hydrogen) atoms. The van der Waals surface area contributed by atoms with E-state index in [0.717, 1.165) is 41.8 Å². The molecule has 4 rings (SSSR count). The highest BCUT2D eigenvalue weighted by Gasteiger charge is 2.38. The summed E-state index contributed by atoms with van der Waals surface area (Å²) in [6.07, 6.45) is 9.29. The van der Waals surface area contributed by atoms with E-state index in [1.807, 2.05) is 0 Å². The Kier molecular flexibility index (Phi) is 3.85. The van der Waals surface area contributed by atoms with E-state index >= 15 is 0 Å². The van der Waals surface area contributed by atoms with Crippen LogP contribution >= 0.6 is 0 Å². The van der Waals surface area contributed by atoms with Gasteiger partial charge in [0.1, 0.15) is 11.4 Å². The summed E-state index contributed by atoms with van der Waals surface area (Å²) in [4.78, 5) is 21.5. The minimum atomic E-state index is -0.188. The Morgan fingerprint density at radius 3 is 2.80 bits per heavy atom. The molecule has 6 nitrogen and oxygen atoms in total. The number of rotatable bonds is 3. The first-order chi connectivity index (χ1) is 12.0. The Labute approximate surface area is 147 Å². The molecule has 0 atom stereocenters. The number of nitrogens with zero attached hydrogens (tertiary/aromatic N) is 3. The van der Waals surface area contributed by atoms with Gasteiger partial charge >= 0.3 is 0 Å². The van der Waals surface area contributed by atoms with E-state index in [1.54, 1.807) is 6.20 Å². The SMILES string of the molecule is CC1(C)Cc2cnc(N)nc2-c2n[nH]c(C(=O)CC3CCCCC3)c21. The van der Waals surface area contributed by atoms with Gasteiger partial charge in [0.2, 0.25) is 5.95 Å². The van der Waals surface area contributed by atoms with Crippen molar-refractivity contribution in [1.29, 1.82) is 0 Å². The fraction of sp³-hybridized carbons (Fsp3) is 0.579. The van der Waals surface area contributed by atoms with Gasteiger partial charge in [-0.2, -0.15) is 5.10 Å². The summed E-state index contributed by atoms with van der Waals surface area (Å²) in [5, 5.41) is 7.48. The van der Waals surface area contributed by atoms with E-state index in [1.165, 1.54) is 19.3 Å². The van der Waals surface area contributed by atoms with Gasteiger partial charge in [-0.05, 0) is 23.3 Å². The Morgan fingerprint density at radius 1 is 1.28 bits per heavy atom. The molecule has 2 aliphatic carbocycles. The summed E-state index contributed by atoms with van der Waals surface area (Å²) < 4.78 is 0. The Morgan fingerprint density at radius 2 is 2.04 bits per heavy atom. The van der Waals surface area contributed by atoms with E-state index in [9.17, 15) is 4.79 Å². The van der Waals surface area contributed by atoms with Crippen LogP contribution < -0.4 is 5.73 Å². The standard InChI is InChI=1S/C19H25N5O/c1-19(2)9-12-10-21-18(20)22-15(12)17-14(19)16(23-24-17)13(25)8-11-6-4-3-5-7-11/h10-11H,3-9H2,1-2H3,(H,23,24)(H2,20,21,22). The van der Waals surface area contributed by atoms with Crippen LogP contribution in [0.5, 0.6) is 0 Å². The van der Waals surface area contributed by atoms with Gasteiger partial charge in [0.15, 0.2) is 5.78 Å². The monoisotopic (exact) mass is 339 g/mol. The van der Waals surface area contributed by atoms with Gasteiger partial charge in [-0.25, -0.2) is 9.97 Å². The first-order valence-corrected chi connectivity index (χ1v) is 9.19. The topological polar surface area (TPSA) is 97.5 Å². The van der Waals surface area contributed by atoms with Crippen molar-refractivity contribution in [2.24, 2.45) is 5.92 Å². The third-order valence-corrected chi connectivity index (χ3v) is 5.66. The molecule has 0 bridgehead atoms. The highest BCUT2D eigenvalue weighted by molar-refractivity contribution is 5.98. The summed E-state index contributed by atoms with van der Waals surface area (Å²) in [7, 11) is 0. The molecule has 0 aliphatic heterocycles. The van der Waals surface area contributed by atoms with Crippen molar-refractivity contribution in [3.05, 3.63) is 23.0 Å².